The van der Waals surface area contributed by atoms with Gasteiger partial charge in [0.25, 0.3) is 0 Å². The number of aliphatic hydroxyl groups is 1. The summed E-state index contributed by atoms with van der Waals surface area (Å²) >= 11 is 5.98. The number of carboxylic acids is 1. The van der Waals surface area contributed by atoms with Crippen molar-refractivity contribution in [3.8, 4) is 0 Å². The standard InChI is InChI=1S/C15H14ClNO3/c16-11-6-10(7-13(18)19)14(17)12(8-11)15(20)9-4-2-1-3-5-9/h1-6,8,15,20H,7,17H2,(H,18,19). The van der Waals surface area contributed by atoms with E-state index in [1.807, 2.05) is 6.07 Å². The van der Waals surface area contributed by atoms with Crippen molar-refractivity contribution >= 4 is 23.3 Å². The minimum Gasteiger partial charge on any atom is -0.481 e. The maximum atomic E-state index is 10.8. The molecular weight excluding hydrogens is 278 g/mol. The van der Waals surface area contributed by atoms with E-state index in [1.165, 1.54) is 6.07 Å². The van der Waals surface area contributed by atoms with Gasteiger partial charge in [0.05, 0.1) is 6.42 Å². The lowest BCUT2D eigenvalue weighted by atomic mass is 9.96. The molecule has 0 aromatic heterocycles. The lowest BCUT2D eigenvalue weighted by Gasteiger charge is -2.16. The van der Waals surface area contributed by atoms with E-state index in [0.717, 1.165) is 0 Å². The van der Waals surface area contributed by atoms with Crippen molar-refractivity contribution in [2.24, 2.45) is 0 Å². The summed E-state index contributed by atoms with van der Waals surface area (Å²) < 4.78 is 0. The molecule has 4 N–H and O–H groups in total. The van der Waals surface area contributed by atoms with E-state index in [4.69, 9.17) is 22.4 Å². The summed E-state index contributed by atoms with van der Waals surface area (Å²) in [5.74, 6) is -1.00. The normalized spacial score (nSPS) is 12.1. The summed E-state index contributed by atoms with van der Waals surface area (Å²) in [5, 5.41) is 19.6. The highest BCUT2D eigenvalue weighted by Crippen LogP contribution is 2.32. The largest absolute Gasteiger partial charge is 0.481 e. The van der Waals surface area contributed by atoms with Crippen LogP contribution >= 0.6 is 11.6 Å². The molecule has 2 aromatic rings. The van der Waals surface area contributed by atoms with Crippen molar-refractivity contribution in [3.63, 3.8) is 0 Å². The van der Waals surface area contributed by atoms with Crippen molar-refractivity contribution in [1.82, 2.24) is 0 Å². The number of benzene rings is 2. The number of hydrogen-bond donors (Lipinski definition) is 3. The maximum absolute atomic E-state index is 10.8. The Morgan fingerprint density at radius 3 is 2.50 bits per heavy atom. The average Bonchev–Trinajstić information content (AvgIpc) is 2.42. The molecule has 0 aliphatic heterocycles. The number of anilines is 1. The van der Waals surface area contributed by atoms with Gasteiger partial charge < -0.3 is 15.9 Å². The van der Waals surface area contributed by atoms with Crippen LogP contribution < -0.4 is 5.73 Å². The molecule has 0 radical (unpaired) electrons. The third-order valence-electron chi connectivity index (χ3n) is 3.01. The smallest absolute Gasteiger partial charge is 0.307 e. The minimum atomic E-state index is -1.00. The molecule has 0 saturated carbocycles. The summed E-state index contributed by atoms with van der Waals surface area (Å²) in [7, 11) is 0. The van der Waals surface area contributed by atoms with Crippen molar-refractivity contribution in [3.05, 3.63) is 64.2 Å². The highest BCUT2D eigenvalue weighted by atomic mass is 35.5. The molecule has 0 heterocycles. The number of rotatable bonds is 4. The summed E-state index contributed by atoms with van der Waals surface area (Å²) in [5.41, 5.74) is 7.70. The van der Waals surface area contributed by atoms with Gasteiger partial charge >= 0.3 is 5.97 Å². The lowest BCUT2D eigenvalue weighted by molar-refractivity contribution is -0.136. The number of nitrogen functional groups attached to an aromatic ring is 1. The molecule has 0 saturated heterocycles. The fourth-order valence-electron chi connectivity index (χ4n) is 2.05. The van der Waals surface area contributed by atoms with Crippen LogP contribution in [0.3, 0.4) is 0 Å². The van der Waals surface area contributed by atoms with Gasteiger partial charge in [0, 0.05) is 16.3 Å². The number of halogens is 1. The second kappa shape index (κ2) is 5.94. The van der Waals surface area contributed by atoms with Crippen LogP contribution in [0.25, 0.3) is 0 Å². The van der Waals surface area contributed by atoms with Crippen molar-refractivity contribution < 1.29 is 15.0 Å². The fraction of sp³-hybridized carbons (Fsp3) is 0.133. The van der Waals surface area contributed by atoms with Gasteiger partial charge in [-0.2, -0.15) is 0 Å². The Labute approximate surface area is 121 Å². The van der Waals surface area contributed by atoms with E-state index in [2.05, 4.69) is 0 Å². The second-order valence-corrected chi connectivity index (χ2v) is 4.89. The number of aliphatic carboxylic acids is 1. The molecule has 0 aliphatic rings. The van der Waals surface area contributed by atoms with Gasteiger partial charge in [0.2, 0.25) is 0 Å². The average molecular weight is 292 g/mol. The van der Waals surface area contributed by atoms with Crippen LogP contribution in [0.1, 0.15) is 22.8 Å². The summed E-state index contributed by atoms with van der Waals surface area (Å²) in [6.45, 7) is 0. The second-order valence-electron chi connectivity index (χ2n) is 4.45. The zero-order valence-electron chi connectivity index (χ0n) is 10.6. The van der Waals surface area contributed by atoms with Crippen LogP contribution in [0.15, 0.2) is 42.5 Å². The fourth-order valence-corrected chi connectivity index (χ4v) is 2.30. The first-order chi connectivity index (χ1) is 9.49. The molecule has 1 atom stereocenters. The Bertz CT molecular complexity index is 629. The van der Waals surface area contributed by atoms with E-state index in [1.54, 1.807) is 30.3 Å². The maximum Gasteiger partial charge on any atom is 0.307 e. The first-order valence-corrected chi connectivity index (χ1v) is 6.39. The molecule has 4 nitrogen and oxygen atoms in total. The third-order valence-corrected chi connectivity index (χ3v) is 3.23. The SMILES string of the molecule is Nc1c(CC(=O)O)cc(Cl)cc1C(O)c1ccccc1. The number of aliphatic hydroxyl groups excluding tert-OH is 1. The molecular formula is C15H14ClNO3. The van der Waals surface area contributed by atoms with Gasteiger partial charge in [-0.05, 0) is 23.3 Å². The summed E-state index contributed by atoms with van der Waals surface area (Å²) in [6, 6.07) is 12.0. The molecule has 0 spiro atoms. The Morgan fingerprint density at radius 1 is 1.25 bits per heavy atom. The van der Waals surface area contributed by atoms with Gasteiger partial charge in [0.1, 0.15) is 6.10 Å². The van der Waals surface area contributed by atoms with Crippen molar-refractivity contribution in [2.75, 3.05) is 5.73 Å². The van der Waals surface area contributed by atoms with E-state index in [-0.39, 0.29) is 12.1 Å². The van der Waals surface area contributed by atoms with Crippen LogP contribution in [-0.4, -0.2) is 16.2 Å². The predicted octanol–water partition coefficient (Wildman–Crippen LogP) is 2.63. The van der Waals surface area contributed by atoms with Crippen LogP contribution in [0, 0.1) is 0 Å². The highest BCUT2D eigenvalue weighted by Gasteiger charge is 2.17. The number of carboxylic acid groups (broad SMARTS) is 1. The first kappa shape index (κ1) is 14.4. The van der Waals surface area contributed by atoms with Crippen LogP contribution in [0.5, 0.6) is 0 Å². The minimum absolute atomic E-state index is 0.235. The number of carbonyl (C=O) groups is 1. The molecule has 2 rings (SSSR count). The highest BCUT2D eigenvalue weighted by molar-refractivity contribution is 6.30. The molecule has 104 valence electrons. The number of nitrogens with two attached hydrogens (primary N) is 1. The molecule has 0 bridgehead atoms. The molecule has 2 aromatic carbocycles. The molecule has 1 unspecified atom stereocenters. The Hall–Kier alpha value is -2.04. The topological polar surface area (TPSA) is 83.6 Å². The summed E-state index contributed by atoms with van der Waals surface area (Å²) in [4.78, 5) is 10.8. The zero-order chi connectivity index (χ0) is 14.7. The molecule has 20 heavy (non-hydrogen) atoms. The van der Waals surface area contributed by atoms with E-state index in [9.17, 15) is 9.90 Å². The van der Waals surface area contributed by atoms with Crippen LogP contribution in [0.2, 0.25) is 5.02 Å². The quantitative estimate of drug-likeness (QED) is 0.756. The van der Waals surface area contributed by atoms with Gasteiger partial charge in [-0.1, -0.05) is 41.9 Å². The monoisotopic (exact) mass is 291 g/mol. The molecule has 5 heteroatoms. The molecule has 0 amide bonds. The number of hydrogen-bond acceptors (Lipinski definition) is 3. The molecule has 0 aliphatic carbocycles. The van der Waals surface area contributed by atoms with Gasteiger partial charge in [-0.25, -0.2) is 0 Å². The van der Waals surface area contributed by atoms with Crippen LogP contribution in [0.4, 0.5) is 5.69 Å². The first-order valence-electron chi connectivity index (χ1n) is 6.01. The van der Waals surface area contributed by atoms with Gasteiger partial charge in [0.15, 0.2) is 0 Å². The predicted molar refractivity (Wildman–Crippen MR) is 77.7 cm³/mol. The van der Waals surface area contributed by atoms with Gasteiger partial charge in [-0.3, -0.25) is 4.79 Å². The third kappa shape index (κ3) is 3.10. The Balaban J connectivity index is 2.46. The summed E-state index contributed by atoms with van der Waals surface area (Å²) in [6.07, 6.45) is -1.18. The Morgan fingerprint density at radius 2 is 1.90 bits per heavy atom. The Kier molecular flexibility index (Phi) is 4.27. The van der Waals surface area contributed by atoms with Gasteiger partial charge in [-0.15, -0.1) is 0 Å². The lowest BCUT2D eigenvalue weighted by Crippen LogP contribution is -2.09. The molecule has 0 fully saturated rings. The van der Waals surface area contributed by atoms with E-state index in [0.29, 0.717) is 21.7 Å². The van der Waals surface area contributed by atoms with Crippen molar-refractivity contribution in [1.29, 1.82) is 0 Å². The zero-order valence-corrected chi connectivity index (χ0v) is 11.3. The van der Waals surface area contributed by atoms with Crippen LogP contribution in [-0.2, 0) is 11.2 Å². The van der Waals surface area contributed by atoms with E-state index < -0.39 is 12.1 Å². The van der Waals surface area contributed by atoms with E-state index >= 15 is 0 Å². The van der Waals surface area contributed by atoms with Crippen molar-refractivity contribution in [2.45, 2.75) is 12.5 Å².